The summed E-state index contributed by atoms with van der Waals surface area (Å²) in [6.45, 7) is 6.41. The molecule has 0 radical (unpaired) electrons. The Balaban J connectivity index is 2.09. The van der Waals surface area contributed by atoms with Gasteiger partial charge in [-0.25, -0.2) is 0 Å². The highest BCUT2D eigenvalue weighted by Crippen LogP contribution is 2.29. The van der Waals surface area contributed by atoms with Crippen LogP contribution in [0.1, 0.15) is 36.7 Å². The number of para-hydroxylation sites is 2. The van der Waals surface area contributed by atoms with Gasteiger partial charge in [-0.05, 0) is 29.2 Å². The van der Waals surface area contributed by atoms with Crippen LogP contribution in [-0.4, -0.2) is 37.4 Å². The van der Waals surface area contributed by atoms with Crippen LogP contribution in [0.2, 0.25) is 0 Å². The standard InChI is InChI=1S/C21H27N3O2/c1-21(2,3)16-11-7-9-13-18(16)23-19(25)14-22-17-12-8-6-10-15(17)20(26)24(4)5/h6-13,22H,14H2,1-5H3,(H,23,25). The molecule has 0 fully saturated rings. The van der Waals surface area contributed by atoms with Crippen molar-refractivity contribution in [1.82, 2.24) is 4.90 Å². The number of carbonyl (C=O) groups is 2. The monoisotopic (exact) mass is 353 g/mol. The zero-order chi connectivity index (χ0) is 19.3. The molecule has 2 aromatic rings. The molecule has 0 aromatic heterocycles. The summed E-state index contributed by atoms with van der Waals surface area (Å²) in [6.07, 6.45) is 0. The molecule has 0 spiro atoms. The molecule has 2 rings (SSSR count). The van der Waals surface area contributed by atoms with E-state index in [4.69, 9.17) is 0 Å². The van der Waals surface area contributed by atoms with Crippen LogP contribution in [0.15, 0.2) is 48.5 Å². The second-order valence-corrected chi connectivity index (χ2v) is 7.44. The van der Waals surface area contributed by atoms with Gasteiger partial charge in [0.15, 0.2) is 0 Å². The summed E-state index contributed by atoms with van der Waals surface area (Å²) < 4.78 is 0. The fourth-order valence-corrected chi connectivity index (χ4v) is 2.68. The highest BCUT2D eigenvalue weighted by atomic mass is 16.2. The first kappa shape index (κ1) is 19.5. The molecule has 0 aliphatic heterocycles. The molecule has 0 bridgehead atoms. The van der Waals surface area contributed by atoms with Crippen molar-refractivity contribution >= 4 is 23.2 Å². The van der Waals surface area contributed by atoms with Crippen molar-refractivity contribution in [2.45, 2.75) is 26.2 Å². The van der Waals surface area contributed by atoms with E-state index in [0.29, 0.717) is 11.3 Å². The van der Waals surface area contributed by atoms with E-state index in [2.05, 4.69) is 31.4 Å². The second-order valence-electron chi connectivity index (χ2n) is 7.44. The van der Waals surface area contributed by atoms with E-state index in [-0.39, 0.29) is 23.8 Å². The predicted molar refractivity (Wildman–Crippen MR) is 107 cm³/mol. The Labute approximate surface area is 155 Å². The average molecular weight is 353 g/mol. The third-order valence-electron chi connectivity index (χ3n) is 4.01. The highest BCUT2D eigenvalue weighted by Gasteiger charge is 2.19. The van der Waals surface area contributed by atoms with E-state index in [0.717, 1.165) is 11.3 Å². The molecule has 2 amide bonds. The molecular formula is C21H27N3O2. The maximum absolute atomic E-state index is 12.4. The molecule has 2 N–H and O–H groups in total. The van der Waals surface area contributed by atoms with E-state index in [1.54, 1.807) is 26.2 Å². The summed E-state index contributed by atoms with van der Waals surface area (Å²) in [5, 5.41) is 6.03. The van der Waals surface area contributed by atoms with Gasteiger partial charge in [-0.2, -0.15) is 0 Å². The number of nitrogens with zero attached hydrogens (tertiary/aromatic N) is 1. The molecule has 0 unspecified atom stereocenters. The molecule has 5 heteroatoms. The Bertz CT molecular complexity index is 792. The van der Waals surface area contributed by atoms with Gasteiger partial charge < -0.3 is 15.5 Å². The normalized spacial score (nSPS) is 11.0. The predicted octanol–water partition coefficient (Wildman–Crippen LogP) is 3.74. The lowest BCUT2D eigenvalue weighted by atomic mass is 9.86. The van der Waals surface area contributed by atoms with Crippen molar-refractivity contribution in [1.29, 1.82) is 0 Å². The molecule has 26 heavy (non-hydrogen) atoms. The molecule has 0 heterocycles. The Morgan fingerprint density at radius 1 is 0.923 bits per heavy atom. The lowest BCUT2D eigenvalue weighted by Gasteiger charge is -2.23. The van der Waals surface area contributed by atoms with Gasteiger partial charge in [0.2, 0.25) is 5.91 Å². The van der Waals surface area contributed by atoms with E-state index in [1.165, 1.54) is 4.90 Å². The van der Waals surface area contributed by atoms with Crippen molar-refractivity contribution in [3.63, 3.8) is 0 Å². The number of benzene rings is 2. The number of anilines is 2. The fraction of sp³-hybridized carbons (Fsp3) is 0.333. The molecule has 0 saturated carbocycles. The van der Waals surface area contributed by atoms with Crippen molar-refractivity contribution in [3.8, 4) is 0 Å². The Morgan fingerprint density at radius 2 is 1.50 bits per heavy atom. The molecule has 0 atom stereocenters. The minimum absolute atomic E-state index is 0.0674. The van der Waals surface area contributed by atoms with Crippen molar-refractivity contribution in [2.24, 2.45) is 0 Å². The van der Waals surface area contributed by atoms with Gasteiger partial charge in [-0.15, -0.1) is 0 Å². The quantitative estimate of drug-likeness (QED) is 0.861. The first-order valence-corrected chi connectivity index (χ1v) is 8.64. The summed E-state index contributed by atoms with van der Waals surface area (Å²) in [5.74, 6) is -0.264. The summed E-state index contributed by atoms with van der Waals surface area (Å²) in [6, 6.07) is 15.0. The Kier molecular flexibility index (Phi) is 6.03. The third kappa shape index (κ3) is 4.85. The average Bonchev–Trinajstić information content (AvgIpc) is 2.59. The topological polar surface area (TPSA) is 61.4 Å². The smallest absolute Gasteiger partial charge is 0.255 e. The number of amides is 2. The van der Waals surface area contributed by atoms with Crippen molar-refractivity contribution < 1.29 is 9.59 Å². The van der Waals surface area contributed by atoms with E-state index in [1.807, 2.05) is 36.4 Å². The summed E-state index contributed by atoms with van der Waals surface area (Å²) >= 11 is 0. The van der Waals surface area contributed by atoms with Crippen LogP contribution in [0.3, 0.4) is 0 Å². The van der Waals surface area contributed by atoms with Crippen LogP contribution in [0, 0.1) is 0 Å². The van der Waals surface area contributed by atoms with Crippen LogP contribution in [0.25, 0.3) is 0 Å². The molecule has 5 nitrogen and oxygen atoms in total. The number of nitrogens with one attached hydrogen (secondary N) is 2. The van der Waals surface area contributed by atoms with E-state index in [9.17, 15) is 9.59 Å². The van der Waals surface area contributed by atoms with Gasteiger partial charge in [0.25, 0.3) is 5.91 Å². The Hall–Kier alpha value is -2.82. The maximum atomic E-state index is 12.4. The van der Waals surface area contributed by atoms with Crippen LogP contribution in [-0.2, 0) is 10.2 Å². The van der Waals surface area contributed by atoms with E-state index >= 15 is 0 Å². The lowest BCUT2D eigenvalue weighted by Crippen LogP contribution is -2.26. The first-order valence-electron chi connectivity index (χ1n) is 8.64. The molecule has 0 saturated heterocycles. The molecule has 0 aliphatic carbocycles. The van der Waals surface area contributed by atoms with Gasteiger partial charge in [0.05, 0.1) is 12.1 Å². The number of hydrogen-bond acceptors (Lipinski definition) is 3. The Morgan fingerprint density at radius 3 is 2.12 bits per heavy atom. The van der Waals surface area contributed by atoms with Crippen LogP contribution in [0.5, 0.6) is 0 Å². The summed E-state index contributed by atoms with van der Waals surface area (Å²) in [5.41, 5.74) is 3.01. The van der Waals surface area contributed by atoms with Crippen LogP contribution < -0.4 is 10.6 Å². The van der Waals surface area contributed by atoms with Crippen LogP contribution >= 0.6 is 0 Å². The largest absolute Gasteiger partial charge is 0.376 e. The second kappa shape index (κ2) is 8.04. The van der Waals surface area contributed by atoms with E-state index < -0.39 is 0 Å². The number of hydrogen-bond donors (Lipinski definition) is 2. The van der Waals surface area contributed by atoms with Gasteiger partial charge in [0.1, 0.15) is 0 Å². The van der Waals surface area contributed by atoms with Gasteiger partial charge in [-0.1, -0.05) is 51.1 Å². The summed E-state index contributed by atoms with van der Waals surface area (Å²) in [7, 11) is 3.41. The van der Waals surface area contributed by atoms with Crippen molar-refractivity contribution in [3.05, 3.63) is 59.7 Å². The van der Waals surface area contributed by atoms with Gasteiger partial charge >= 0.3 is 0 Å². The molecular weight excluding hydrogens is 326 g/mol. The number of carbonyl (C=O) groups excluding carboxylic acids is 2. The fourth-order valence-electron chi connectivity index (χ4n) is 2.68. The minimum Gasteiger partial charge on any atom is -0.376 e. The van der Waals surface area contributed by atoms with Crippen LogP contribution in [0.4, 0.5) is 11.4 Å². The first-order chi connectivity index (χ1) is 12.2. The zero-order valence-electron chi connectivity index (χ0n) is 16.1. The van der Waals surface area contributed by atoms with Gasteiger partial charge in [0, 0.05) is 25.5 Å². The maximum Gasteiger partial charge on any atom is 0.255 e. The SMILES string of the molecule is CN(C)C(=O)c1ccccc1NCC(=O)Nc1ccccc1C(C)(C)C. The molecule has 0 aliphatic rings. The molecule has 138 valence electrons. The minimum atomic E-state index is -0.159. The zero-order valence-corrected chi connectivity index (χ0v) is 16.1. The van der Waals surface area contributed by atoms with Crippen molar-refractivity contribution in [2.75, 3.05) is 31.3 Å². The number of rotatable bonds is 5. The lowest BCUT2D eigenvalue weighted by molar-refractivity contribution is -0.114. The molecule has 2 aromatic carbocycles. The highest BCUT2D eigenvalue weighted by molar-refractivity contribution is 6.00. The van der Waals surface area contributed by atoms with Gasteiger partial charge in [-0.3, -0.25) is 9.59 Å². The summed E-state index contributed by atoms with van der Waals surface area (Å²) in [4.78, 5) is 26.2. The third-order valence-corrected chi connectivity index (χ3v) is 4.01.